The second kappa shape index (κ2) is 7.61. The van der Waals surface area contributed by atoms with Gasteiger partial charge in [-0.3, -0.25) is 9.59 Å². The van der Waals surface area contributed by atoms with Gasteiger partial charge in [0.2, 0.25) is 5.91 Å². The van der Waals surface area contributed by atoms with E-state index in [2.05, 4.69) is 10.6 Å². The number of halogens is 1. The summed E-state index contributed by atoms with van der Waals surface area (Å²) in [6.07, 6.45) is 0.706. The van der Waals surface area contributed by atoms with Crippen molar-refractivity contribution >= 4 is 29.1 Å². The smallest absolute Gasteiger partial charge is 0.251 e. The van der Waals surface area contributed by atoms with Gasteiger partial charge >= 0.3 is 0 Å². The first-order valence-electron chi connectivity index (χ1n) is 6.95. The third-order valence-corrected chi connectivity index (χ3v) is 3.27. The summed E-state index contributed by atoms with van der Waals surface area (Å²) in [5.41, 5.74) is 2.19. The fourth-order valence-electron chi connectivity index (χ4n) is 2.06. The monoisotopic (exact) mass is 316 g/mol. The largest absolute Gasteiger partial charge is 0.352 e. The van der Waals surface area contributed by atoms with Crippen molar-refractivity contribution in [3.8, 4) is 0 Å². The standard InChI is InChI=1S/C17H17ClN2O2/c1-12(21)20-16-7-3-5-14(11-16)17(22)19-9-8-13-4-2-6-15(18)10-13/h2-7,10-11H,8-9H2,1H3,(H,19,22)(H,20,21). The lowest BCUT2D eigenvalue weighted by Gasteiger charge is -2.08. The highest BCUT2D eigenvalue weighted by Crippen LogP contribution is 2.12. The molecule has 2 aromatic carbocycles. The van der Waals surface area contributed by atoms with Crippen molar-refractivity contribution in [1.29, 1.82) is 0 Å². The maximum atomic E-state index is 12.1. The number of amides is 2. The minimum absolute atomic E-state index is 0.168. The number of anilines is 1. The van der Waals surface area contributed by atoms with E-state index in [-0.39, 0.29) is 11.8 Å². The molecular weight excluding hydrogens is 300 g/mol. The molecule has 0 aliphatic rings. The summed E-state index contributed by atoms with van der Waals surface area (Å²) in [5, 5.41) is 6.19. The van der Waals surface area contributed by atoms with Crippen LogP contribution in [0.2, 0.25) is 5.02 Å². The van der Waals surface area contributed by atoms with Crippen LogP contribution in [0.5, 0.6) is 0 Å². The van der Waals surface area contributed by atoms with Crippen LogP contribution in [0.4, 0.5) is 5.69 Å². The molecule has 2 rings (SSSR count). The molecule has 2 aromatic rings. The predicted octanol–water partition coefficient (Wildman–Crippen LogP) is 3.27. The summed E-state index contributed by atoms with van der Waals surface area (Å²) in [6, 6.07) is 14.4. The van der Waals surface area contributed by atoms with Gasteiger partial charge in [0.1, 0.15) is 0 Å². The molecule has 0 radical (unpaired) electrons. The van der Waals surface area contributed by atoms with Crippen molar-refractivity contribution in [1.82, 2.24) is 5.32 Å². The van der Waals surface area contributed by atoms with E-state index in [0.717, 1.165) is 5.56 Å². The van der Waals surface area contributed by atoms with E-state index in [1.165, 1.54) is 6.92 Å². The molecule has 0 aliphatic heterocycles. The van der Waals surface area contributed by atoms with Gasteiger partial charge in [-0.05, 0) is 42.3 Å². The van der Waals surface area contributed by atoms with Gasteiger partial charge in [0.25, 0.3) is 5.91 Å². The molecule has 0 heterocycles. The van der Waals surface area contributed by atoms with E-state index in [0.29, 0.717) is 29.2 Å². The zero-order valence-corrected chi connectivity index (χ0v) is 13.0. The highest BCUT2D eigenvalue weighted by molar-refractivity contribution is 6.30. The second-order valence-corrected chi connectivity index (χ2v) is 5.33. The van der Waals surface area contributed by atoms with E-state index in [9.17, 15) is 9.59 Å². The molecule has 0 spiro atoms. The summed E-state index contributed by atoms with van der Waals surface area (Å²) >= 11 is 5.92. The molecule has 0 unspecified atom stereocenters. The maximum absolute atomic E-state index is 12.1. The van der Waals surface area contributed by atoms with Crippen molar-refractivity contribution in [2.75, 3.05) is 11.9 Å². The number of carbonyl (C=O) groups excluding carboxylic acids is 2. The van der Waals surface area contributed by atoms with Crippen molar-refractivity contribution in [3.05, 3.63) is 64.7 Å². The van der Waals surface area contributed by atoms with Crippen LogP contribution in [0, 0.1) is 0 Å². The van der Waals surface area contributed by atoms with E-state index < -0.39 is 0 Å². The Kier molecular flexibility index (Phi) is 5.55. The van der Waals surface area contributed by atoms with E-state index in [1.807, 2.05) is 24.3 Å². The summed E-state index contributed by atoms with van der Waals surface area (Å²) < 4.78 is 0. The van der Waals surface area contributed by atoms with Crippen molar-refractivity contribution < 1.29 is 9.59 Å². The molecular formula is C17H17ClN2O2. The Bertz CT molecular complexity index is 686. The van der Waals surface area contributed by atoms with Crippen LogP contribution in [0.3, 0.4) is 0 Å². The molecule has 0 saturated heterocycles. The molecule has 0 fully saturated rings. The zero-order valence-electron chi connectivity index (χ0n) is 12.2. The van der Waals surface area contributed by atoms with Crippen LogP contribution < -0.4 is 10.6 Å². The van der Waals surface area contributed by atoms with Gasteiger partial charge in [0.05, 0.1) is 0 Å². The zero-order chi connectivity index (χ0) is 15.9. The van der Waals surface area contributed by atoms with Gasteiger partial charge in [-0.25, -0.2) is 0 Å². The topological polar surface area (TPSA) is 58.2 Å². The molecule has 0 aromatic heterocycles. The average molecular weight is 317 g/mol. The number of benzene rings is 2. The first kappa shape index (κ1) is 16.0. The number of carbonyl (C=O) groups is 2. The Hall–Kier alpha value is -2.33. The second-order valence-electron chi connectivity index (χ2n) is 4.90. The summed E-state index contributed by atoms with van der Waals surface area (Å²) in [4.78, 5) is 23.1. The summed E-state index contributed by atoms with van der Waals surface area (Å²) in [5.74, 6) is -0.340. The fraction of sp³-hybridized carbons (Fsp3) is 0.176. The van der Waals surface area contributed by atoms with Crippen LogP contribution in [0.15, 0.2) is 48.5 Å². The van der Waals surface area contributed by atoms with Crippen LogP contribution in [-0.2, 0) is 11.2 Å². The lowest BCUT2D eigenvalue weighted by Crippen LogP contribution is -2.25. The molecule has 22 heavy (non-hydrogen) atoms. The Morgan fingerprint density at radius 3 is 2.59 bits per heavy atom. The minimum Gasteiger partial charge on any atom is -0.352 e. The molecule has 0 bridgehead atoms. The van der Waals surface area contributed by atoms with E-state index in [1.54, 1.807) is 24.3 Å². The highest BCUT2D eigenvalue weighted by atomic mass is 35.5. The van der Waals surface area contributed by atoms with Gasteiger partial charge < -0.3 is 10.6 Å². The molecule has 5 heteroatoms. The predicted molar refractivity (Wildman–Crippen MR) is 88.2 cm³/mol. The van der Waals surface area contributed by atoms with Crippen LogP contribution in [0.1, 0.15) is 22.8 Å². The highest BCUT2D eigenvalue weighted by Gasteiger charge is 2.06. The molecule has 2 amide bonds. The first-order chi connectivity index (χ1) is 10.5. The molecule has 2 N–H and O–H groups in total. The number of hydrogen-bond acceptors (Lipinski definition) is 2. The third-order valence-electron chi connectivity index (χ3n) is 3.03. The lowest BCUT2D eigenvalue weighted by molar-refractivity contribution is -0.114. The molecule has 0 aliphatic carbocycles. The Morgan fingerprint density at radius 2 is 1.86 bits per heavy atom. The summed E-state index contributed by atoms with van der Waals surface area (Å²) in [7, 11) is 0. The van der Waals surface area contributed by atoms with Gasteiger partial charge in [-0.1, -0.05) is 29.8 Å². The van der Waals surface area contributed by atoms with Gasteiger partial charge in [-0.2, -0.15) is 0 Å². The lowest BCUT2D eigenvalue weighted by atomic mass is 10.1. The minimum atomic E-state index is -0.172. The molecule has 114 valence electrons. The molecule has 4 nitrogen and oxygen atoms in total. The molecule has 0 atom stereocenters. The van der Waals surface area contributed by atoms with Gasteiger partial charge in [0, 0.05) is 29.7 Å². The summed E-state index contributed by atoms with van der Waals surface area (Å²) in [6.45, 7) is 1.95. The Labute approximate surface area is 134 Å². The molecule has 0 saturated carbocycles. The third kappa shape index (κ3) is 4.90. The van der Waals surface area contributed by atoms with Crippen molar-refractivity contribution in [2.24, 2.45) is 0 Å². The van der Waals surface area contributed by atoms with Crippen LogP contribution in [-0.4, -0.2) is 18.4 Å². The normalized spacial score (nSPS) is 10.1. The van der Waals surface area contributed by atoms with E-state index >= 15 is 0 Å². The van der Waals surface area contributed by atoms with Crippen molar-refractivity contribution in [3.63, 3.8) is 0 Å². The SMILES string of the molecule is CC(=O)Nc1cccc(C(=O)NCCc2cccc(Cl)c2)c1. The average Bonchev–Trinajstić information content (AvgIpc) is 2.47. The Balaban J connectivity index is 1.90. The van der Waals surface area contributed by atoms with Crippen molar-refractivity contribution in [2.45, 2.75) is 13.3 Å². The fourth-order valence-corrected chi connectivity index (χ4v) is 2.27. The van der Waals surface area contributed by atoms with Gasteiger partial charge in [0.15, 0.2) is 0 Å². The van der Waals surface area contributed by atoms with Crippen LogP contribution in [0.25, 0.3) is 0 Å². The quantitative estimate of drug-likeness (QED) is 0.889. The first-order valence-corrected chi connectivity index (χ1v) is 7.33. The maximum Gasteiger partial charge on any atom is 0.251 e. The van der Waals surface area contributed by atoms with Gasteiger partial charge in [-0.15, -0.1) is 0 Å². The number of rotatable bonds is 5. The number of hydrogen-bond donors (Lipinski definition) is 2. The van der Waals surface area contributed by atoms with E-state index in [4.69, 9.17) is 11.6 Å². The number of nitrogens with one attached hydrogen (secondary N) is 2. The Morgan fingerprint density at radius 1 is 1.09 bits per heavy atom. The van der Waals surface area contributed by atoms with Crippen LogP contribution >= 0.6 is 11.6 Å².